The third kappa shape index (κ3) is 8.97. The average Bonchev–Trinajstić information content (AvgIpc) is 2.94. The largest absolute Gasteiger partial charge is 0.494 e. The van der Waals surface area contributed by atoms with Gasteiger partial charge in [0.25, 0.3) is 0 Å². The third-order valence-electron chi connectivity index (χ3n) is 6.02. The van der Waals surface area contributed by atoms with E-state index in [4.69, 9.17) is 30.4 Å². The number of carboxylic acid groups (broad SMARTS) is 1. The van der Waals surface area contributed by atoms with E-state index in [2.05, 4.69) is 6.92 Å². The Hall–Kier alpha value is -4.66. The summed E-state index contributed by atoms with van der Waals surface area (Å²) in [4.78, 5) is 23.8. The molecule has 3 rings (SSSR count). The summed E-state index contributed by atoms with van der Waals surface area (Å²) in [7, 11) is 1.52. The zero-order valence-corrected chi connectivity index (χ0v) is 22.9. The molecule has 0 aromatic heterocycles. The lowest BCUT2D eigenvalue weighted by atomic mass is 10.00. The summed E-state index contributed by atoms with van der Waals surface area (Å²) >= 11 is 0. The number of benzene rings is 3. The van der Waals surface area contributed by atoms with Crippen LogP contribution in [-0.2, 0) is 11.2 Å². The van der Waals surface area contributed by atoms with Crippen molar-refractivity contribution in [3.63, 3.8) is 0 Å². The van der Waals surface area contributed by atoms with Crippen LogP contribution < -0.4 is 30.4 Å². The highest BCUT2D eigenvalue weighted by Gasteiger charge is 2.14. The minimum atomic E-state index is -1.08. The van der Waals surface area contributed by atoms with Crippen LogP contribution in [0, 0.1) is 0 Å². The van der Waals surface area contributed by atoms with Crippen LogP contribution in [0.5, 0.6) is 23.0 Å². The molecule has 5 N–H and O–H groups in total. The molecule has 0 atom stereocenters. The van der Waals surface area contributed by atoms with E-state index in [1.165, 1.54) is 19.3 Å². The monoisotopic (exact) mass is 548 g/mol. The van der Waals surface area contributed by atoms with Crippen molar-refractivity contribution < 1.29 is 33.6 Å². The number of anilines is 2. The van der Waals surface area contributed by atoms with Gasteiger partial charge in [-0.2, -0.15) is 0 Å². The average molecular weight is 549 g/mol. The molecule has 0 saturated carbocycles. The van der Waals surface area contributed by atoms with Gasteiger partial charge < -0.3 is 35.5 Å². The summed E-state index contributed by atoms with van der Waals surface area (Å²) in [5, 5.41) is 9.45. The molecule has 3 aromatic carbocycles. The maximum Gasteiger partial charge on any atom is 0.336 e. The lowest BCUT2D eigenvalue weighted by Gasteiger charge is -2.13. The highest BCUT2D eigenvalue weighted by molar-refractivity contribution is 5.92. The molecule has 0 radical (unpaired) electrons. The van der Waals surface area contributed by atoms with Crippen molar-refractivity contribution in [1.29, 1.82) is 0 Å². The van der Waals surface area contributed by atoms with Crippen molar-refractivity contribution in [3.8, 4) is 23.0 Å². The first-order chi connectivity index (χ1) is 19.3. The first kappa shape index (κ1) is 29.9. The topological polar surface area (TPSA) is 143 Å². The first-order valence-electron chi connectivity index (χ1n) is 13.2. The van der Waals surface area contributed by atoms with Gasteiger partial charge in [0.15, 0.2) is 11.5 Å². The first-order valence-corrected chi connectivity index (χ1v) is 13.2. The van der Waals surface area contributed by atoms with Crippen molar-refractivity contribution >= 4 is 29.4 Å². The maximum atomic E-state index is 12.3. The number of aromatic carboxylic acids is 1. The van der Waals surface area contributed by atoms with E-state index in [1.807, 2.05) is 0 Å². The van der Waals surface area contributed by atoms with Gasteiger partial charge in [0, 0.05) is 17.5 Å². The van der Waals surface area contributed by atoms with Gasteiger partial charge in [-0.25, -0.2) is 9.59 Å². The standard InChI is InChI=1S/C31H36N2O7/c1-3-4-5-16-38-23-10-12-24(13-11-23)40-30(34)15-9-21-8-14-28(29(18-21)37-2)39-17-6-7-25-26(31(35)36)19-22(32)20-27(25)33/h8-15,18-20H,3-7,16-17,32-33H2,1-2H3,(H,35,36)/b15-9+. The fraction of sp³-hybridized carbons (Fsp3) is 0.290. The van der Waals surface area contributed by atoms with Gasteiger partial charge >= 0.3 is 11.9 Å². The third-order valence-corrected chi connectivity index (χ3v) is 6.02. The van der Waals surface area contributed by atoms with Gasteiger partial charge in [0.2, 0.25) is 0 Å². The van der Waals surface area contributed by atoms with Crippen LogP contribution in [0.1, 0.15) is 54.1 Å². The van der Waals surface area contributed by atoms with E-state index >= 15 is 0 Å². The number of hydrogen-bond donors (Lipinski definition) is 3. The summed E-state index contributed by atoms with van der Waals surface area (Å²) in [5.74, 6) is 0.572. The normalized spacial score (nSPS) is 10.8. The zero-order valence-electron chi connectivity index (χ0n) is 22.9. The van der Waals surface area contributed by atoms with Gasteiger partial charge in [-0.15, -0.1) is 0 Å². The Morgan fingerprint density at radius 2 is 1.60 bits per heavy atom. The molecule has 0 fully saturated rings. The molecule has 40 heavy (non-hydrogen) atoms. The molecule has 0 aliphatic heterocycles. The second-order valence-corrected chi connectivity index (χ2v) is 9.09. The number of methoxy groups -OCH3 is 1. The molecule has 0 heterocycles. The van der Waals surface area contributed by atoms with E-state index in [0.717, 1.165) is 30.6 Å². The summed E-state index contributed by atoms with van der Waals surface area (Å²) in [6.07, 6.45) is 7.16. The Labute approximate surface area is 234 Å². The van der Waals surface area contributed by atoms with Gasteiger partial charge in [0.1, 0.15) is 11.5 Å². The molecule has 9 heteroatoms. The van der Waals surface area contributed by atoms with Crippen molar-refractivity contribution in [2.24, 2.45) is 0 Å². The molecular weight excluding hydrogens is 512 g/mol. The number of unbranched alkanes of at least 4 members (excludes halogenated alkanes) is 2. The number of carbonyl (C=O) groups excluding carboxylic acids is 1. The molecule has 212 valence electrons. The number of nitrogen functional groups attached to an aromatic ring is 2. The highest BCUT2D eigenvalue weighted by atomic mass is 16.5. The Morgan fingerprint density at radius 3 is 2.30 bits per heavy atom. The molecular formula is C31H36N2O7. The zero-order chi connectivity index (χ0) is 28.9. The van der Waals surface area contributed by atoms with Crippen LogP contribution in [0.4, 0.5) is 11.4 Å². The van der Waals surface area contributed by atoms with Crippen LogP contribution in [0.25, 0.3) is 6.08 Å². The van der Waals surface area contributed by atoms with Gasteiger partial charge in [-0.1, -0.05) is 25.8 Å². The van der Waals surface area contributed by atoms with Crippen LogP contribution in [0.3, 0.4) is 0 Å². The molecule has 0 aliphatic rings. The number of carboxylic acids is 1. The van der Waals surface area contributed by atoms with E-state index in [0.29, 0.717) is 60.2 Å². The Bertz CT molecular complexity index is 1320. The molecule has 3 aromatic rings. The molecule has 0 bridgehead atoms. The highest BCUT2D eigenvalue weighted by Crippen LogP contribution is 2.29. The molecule has 0 spiro atoms. The quantitative estimate of drug-likeness (QED) is 0.0710. The van der Waals surface area contributed by atoms with Crippen molar-refractivity contribution in [3.05, 3.63) is 77.4 Å². The molecule has 0 unspecified atom stereocenters. The predicted molar refractivity (Wildman–Crippen MR) is 155 cm³/mol. The van der Waals surface area contributed by atoms with Crippen molar-refractivity contribution in [2.45, 2.75) is 39.0 Å². The second-order valence-electron chi connectivity index (χ2n) is 9.09. The minimum Gasteiger partial charge on any atom is -0.494 e. The number of carbonyl (C=O) groups is 2. The Balaban J connectivity index is 1.51. The molecule has 0 aliphatic carbocycles. The summed E-state index contributed by atoms with van der Waals surface area (Å²) < 4.78 is 22.3. The van der Waals surface area contributed by atoms with Crippen LogP contribution in [-0.4, -0.2) is 37.4 Å². The summed E-state index contributed by atoms with van der Waals surface area (Å²) in [5.41, 5.74) is 13.7. The number of rotatable bonds is 15. The molecule has 0 saturated heterocycles. The second kappa shape index (κ2) is 15.1. The lowest BCUT2D eigenvalue weighted by Crippen LogP contribution is -2.09. The fourth-order valence-corrected chi connectivity index (χ4v) is 3.99. The van der Waals surface area contributed by atoms with Crippen LogP contribution in [0.2, 0.25) is 0 Å². The van der Waals surface area contributed by atoms with Gasteiger partial charge in [0.05, 0.1) is 25.9 Å². The van der Waals surface area contributed by atoms with Crippen LogP contribution >= 0.6 is 0 Å². The smallest absolute Gasteiger partial charge is 0.336 e. The molecule has 0 amide bonds. The predicted octanol–water partition coefficient (Wildman–Crippen LogP) is 5.76. The Kier molecular flexibility index (Phi) is 11.3. The summed E-state index contributed by atoms with van der Waals surface area (Å²) in [6.45, 7) is 3.11. The minimum absolute atomic E-state index is 0.0913. The van der Waals surface area contributed by atoms with Crippen molar-refractivity contribution in [2.75, 3.05) is 31.8 Å². The SMILES string of the molecule is CCCCCOc1ccc(OC(=O)/C=C/c2ccc(OCCCc3c(N)cc(N)cc3C(=O)O)c(OC)c2)cc1. The summed E-state index contributed by atoms with van der Waals surface area (Å²) in [6, 6.07) is 15.2. The number of nitrogens with two attached hydrogens (primary N) is 2. The van der Waals surface area contributed by atoms with E-state index in [1.54, 1.807) is 54.6 Å². The van der Waals surface area contributed by atoms with Crippen LogP contribution in [0.15, 0.2) is 60.7 Å². The molecule has 9 nitrogen and oxygen atoms in total. The fourth-order valence-electron chi connectivity index (χ4n) is 3.99. The number of ether oxygens (including phenoxy) is 4. The Morgan fingerprint density at radius 1 is 0.875 bits per heavy atom. The van der Waals surface area contributed by atoms with Gasteiger partial charge in [-0.3, -0.25) is 0 Å². The van der Waals surface area contributed by atoms with E-state index in [9.17, 15) is 14.7 Å². The number of hydrogen-bond acceptors (Lipinski definition) is 8. The van der Waals surface area contributed by atoms with Crippen molar-refractivity contribution in [1.82, 2.24) is 0 Å². The van der Waals surface area contributed by atoms with Gasteiger partial charge in [-0.05, 0) is 85.0 Å². The maximum absolute atomic E-state index is 12.3. The van der Waals surface area contributed by atoms with E-state index in [-0.39, 0.29) is 5.56 Å². The van der Waals surface area contributed by atoms with E-state index < -0.39 is 11.9 Å². The number of esters is 1. The lowest BCUT2D eigenvalue weighted by molar-refractivity contribution is -0.128.